The Morgan fingerprint density at radius 2 is 1.87 bits per heavy atom. The molecule has 2 aromatic carbocycles. The van der Waals surface area contributed by atoms with Crippen LogP contribution in [0, 0.1) is 0 Å². The van der Waals surface area contributed by atoms with Crippen LogP contribution in [0.25, 0.3) is 33.3 Å². The highest BCUT2D eigenvalue weighted by Gasteiger charge is 2.16. The molecule has 0 saturated carbocycles. The molecule has 0 aliphatic carbocycles. The SMILES string of the molecule is CC(=O)c1ccc(-c2ccc3nnn(C(C)c4ccc5ncccc5c4)c3n2)cc1Cl. The van der Waals surface area contributed by atoms with Gasteiger partial charge in [0.25, 0.3) is 0 Å². The number of Topliss-reactive ketones (excluding diaryl/α,β-unsaturated/α-hetero) is 1. The van der Waals surface area contributed by atoms with E-state index in [1.54, 1.807) is 18.3 Å². The van der Waals surface area contributed by atoms with E-state index in [9.17, 15) is 4.79 Å². The van der Waals surface area contributed by atoms with Crippen molar-refractivity contribution in [3.05, 3.63) is 83.0 Å². The lowest BCUT2D eigenvalue weighted by Gasteiger charge is -2.13. The number of benzene rings is 2. The first-order valence-electron chi connectivity index (χ1n) is 9.89. The zero-order valence-electron chi connectivity index (χ0n) is 17.0. The molecule has 0 aliphatic heterocycles. The van der Waals surface area contributed by atoms with Gasteiger partial charge in [-0.15, -0.1) is 5.10 Å². The van der Waals surface area contributed by atoms with Crippen LogP contribution in [0.4, 0.5) is 0 Å². The van der Waals surface area contributed by atoms with Crippen molar-refractivity contribution in [2.75, 3.05) is 0 Å². The number of ketones is 1. The molecule has 5 aromatic rings. The summed E-state index contributed by atoms with van der Waals surface area (Å²) in [5.74, 6) is -0.0679. The summed E-state index contributed by atoms with van der Waals surface area (Å²) in [6.07, 6.45) is 1.79. The summed E-state index contributed by atoms with van der Waals surface area (Å²) >= 11 is 6.30. The number of carbonyl (C=O) groups excluding carboxylic acids is 1. The lowest BCUT2D eigenvalue weighted by molar-refractivity contribution is 0.101. The van der Waals surface area contributed by atoms with Crippen LogP contribution in [0.1, 0.15) is 35.8 Å². The quantitative estimate of drug-likeness (QED) is 0.354. The number of halogens is 1. The summed E-state index contributed by atoms with van der Waals surface area (Å²) in [5, 5.41) is 10.1. The van der Waals surface area contributed by atoms with E-state index >= 15 is 0 Å². The molecular formula is C24H18ClN5O. The van der Waals surface area contributed by atoms with Gasteiger partial charge in [0.15, 0.2) is 11.4 Å². The Morgan fingerprint density at radius 3 is 2.68 bits per heavy atom. The summed E-state index contributed by atoms with van der Waals surface area (Å²) in [5.41, 5.74) is 5.50. The van der Waals surface area contributed by atoms with E-state index in [0.717, 1.165) is 27.7 Å². The third-order valence-corrected chi connectivity index (χ3v) is 5.75. The predicted molar refractivity (Wildman–Crippen MR) is 121 cm³/mol. The zero-order chi connectivity index (χ0) is 21.5. The lowest BCUT2D eigenvalue weighted by Crippen LogP contribution is -2.09. The Balaban J connectivity index is 1.57. The average molecular weight is 428 g/mol. The molecule has 1 unspecified atom stereocenters. The fraction of sp³-hybridized carbons (Fsp3) is 0.125. The van der Waals surface area contributed by atoms with Gasteiger partial charge >= 0.3 is 0 Å². The van der Waals surface area contributed by atoms with E-state index in [-0.39, 0.29) is 11.8 Å². The van der Waals surface area contributed by atoms with Crippen molar-refractivity contribution in [3.63, 3.8) is 0 Å². The van der Waals surface area contributed by atoms with E-state index in [0.29, 0.717) is 21.7 Å². The maximum atomic E-state index is 11.7. The topological polar surface area (TPSA) is 73.6 Å². The Bertz CT molecular complexity index is 1460. The van der Waals surface area contributed by atoms with Gasteiger partial charge in [0, 0.05) is 22.7 Å². The number of rotatable bonds is 4. The first-order chi connectivity index (χ1) is 15.0. The molecule has 3 aromatic heterocycles. The van der Waals surface area contributed by atoms with E-state index in [2.05, 4.69) is 34.4 Å². The molecule has 0 radical (unpaired) electrons. The van der Waals surface area contributed by atoms with Crippen molar-refractivity contribution in [2.45, 2.75) is 19.9 Å². The third-order valence-electron chi connectivity index (χ3n) is 5.44. The van der Waals surface area contributed by atoms with Crippen LogP contribution < -0.4 is 0 Å². The van der Waals surface area contributed by atoms with Crippen molar-refractivity contribution in [1.82, 2.24) is 25.0 Å². The lowest BCUT2D eigenvalue weighted by atomic mass is 10.1. The van der Waals surface area contributed by atoms with Gasteiger partial charge in [-0.25, -0.2) is 9.67 Å². The highest BCUT2D eigenvalue weighted by Crippen LogP contribution is 2.28. The molecule has 152 valence electrons. The van der Waals surface area contributed by atoms with Crippen LogP contribution in [-0.2, 0) is 0 Å². The number of fused-ring (bicyclic) bond motifs is 2. The molecule has 0 spiro atoms. The second-order valence-corrected chi connectivity index (χ2v) is 7.86. The van der Waals surface area contributed by atoms with Crippen LogP contribution in [-0.4, -0.2) is 30.7 Å². The molecule has 6 nitrogen and oxygen atoms in total. The van der Waals surface area contributed by atoms with Gasteiger partial charge in [-0.2, -0.15) is 0 Å². The molecule has 0 amide bonds. The fourth-order valence-electron chi connectivity index (χ4n) is 3.70. The number of nitrogens with zero attached hydrogens (tertiary/aromatic N) is 5. The van der Waals surface area contributed by atoms with Gasteiger partial charge < -0.3 is 0 Å². The van der Waals surface area contributed by atoms with Gasteiger partial charge in [0.1, 0.15) is 5.52 Å². The second-order valence-electron chi connectivity index (χ2n) is 7.46. The number of hydrogen-bond acceptors (Lipinski definition) is 5. The molecule has 31 heavy (non-hydrogen) atoms. The molecular weight excluding hydrogens is 410 g/mol. The summed E-state index contributed by atoms with van der Waals surface area (Å²) in [6, 6.07) is 19.2. The van der Waals surface area contributed by atoms with E-state index < -0.39 is 0 Å². The highest BCUT2D eigenvalue weighted by atomic mass is 35.5. The summed E-state index contributed by atoms with van der Waals surface area (Å²) < 4.78 is 1.82. The molecule has 0 saturated heterocycles. The van der Waals surface area contributed by atoms with Crippen LogP contribution in [0.5, 0.6) is 0 Å². The molecule has 7 heteroatoms. The molecule has 0 N–H and O–H groups in total. The number of pyridine rings is 2. The predicted octanol–water partition coefficient (Wildman–Crippen LogP) is 5.51. The van der Waals surface area contributed by atoms with Gasteiger partial charge in [-0.3, -0.25) is 9.78 Å². The van der Waals surface area contributed by atoms with E-state index in [1.807, 2.05) is 41.1 Å². The maximum absolute atomic E-state index is 11.7. The van der Waals surface area contributed by atoms with Gasteiger partial charge in [0.2, 0.25) is 0 Å². The van der Waals surface area contributed by atoms with Crippen molar-refractivity contribution in [1.29, 1.82) is 0 Å². The Morgan fingerprint density at radius 1 is 1.03 bits per heavy atom. The van der Waals surface area contributed by atoms with Gasteiger partial charge in [-0.05, 0) is 61.9 Å². The number of aromatic nitrogens is 5. The standard InChI is InChI=1S/C24H18ClN5O/c1-14(16-6-8-21-17(12-16)4-3-11-26-21)30-24-23(28-29-30)10-9-22(27-24)18-5-7-19(15(2)31)20(25)13-18/h3-14H,1-2H3. The maximum Gasteiger partial charge on any atom is 0.179 e. The second kappa shape index (κ2) is 7.56. The molecule has 5 rings (SSSR count). The van der Waals surface area contributed by atoms with Crippen molar-refractivity contribution >= 4 is 39.5 Å². The fourth-order valence-corrected chi connectivity index (χ4v) is 4.02. The first-order valence-corrected chi connectivity index (χ1v) is 10.3. The number of hydrogen-bond donors (Lipinski definition) is 0. The minimum atomic E-state index is -0.0685. The highest BCUT2D eigenvalue weighted by molar-refractivity contribution is 6.34. The van der Waals surface area contributed by atoms with Crippen LogP contribution in [0.3, 0.4) is 0 Å². The van der Waals surface area contributed by atoms with Crippen molar-refractivity contribution in [3.8, 4) is 11.3 Å². The minimum absolute atomic E-state index is 0.0679. The van der Waals surface area contributed by atoms with Gasteiger partial charge in [-0.1, -0.05) is 35.0 Å². The van der Waals surface area contributed by atoms with E-state index in [4.69, 9.17) is 16.6 Å². The Kier molecular flexibility index (Phi) is 4.71. The molecule has 3 heterocycles. The molecule has 0 fully saturated rings. The van der Waals surface area contributed by atoms with E-state index in [1.165, 1.54) is 6.92 Å². The summed E-state index contributed by atoms with van der Waals surface area (Å²) in [6.45, 7) is 3.57. The minimum Gasteiger partial charge on any atom is -0.294 e. The molecule has 0 aliphatic rings. The molecule has 0 bridgehead atoms. The first kappa shape index (κ1) is 19.3. The zero-order valence-corrected chi connectivity index (χ0v) is 17.7. The van der Waals surface area contributed by atoms with Crippen molar-refractivity contribution < 1.29 is 4.79 Å². The smallest absolute Gasteiger partial charge is 0.179 e. The number of carbonyl (C=O) groups is 1. The normalized spacial score (nSPS) is 12.4. The monoisotopic (exact) mass is 427 g/mol. The summed E-state index contributed by atoms with van der Waals surface area (Å²) in [7, 11) is 0. The van der Waals surface area contributed by atoms with Crippen LogP contribution >= 0.6 is 11.6 Å². The average Bonchev–Trinajstić information content (AvgIpc) is 3.21. The van der Waals surface area contributed by atoms with Crippen LogP contribution in [0.15, 0.2) is 66.9 Å². The molecule has 1 atom stereocenters. The van der Waals surface area contributed by atoms with Crippen molar-refractivity contribution in [2.24, 2.45) is 0 Å². The third kappa shape index (κ3) is 3.45. The Hall–Kier alpha value is -3.64. The Labute approximate surface area is 183 Å². The van der Waals surface area contributed by atoms with Gasteiger partial charge in [0.05, 0.1) is 22.3 Å². The van der Waals surface area contributed by atoms with Crippen LogP contribution in [0.2, 0.25) is 5.02 Å². The summed E-state index contributed by atoms with van der Waals surface area (Å²) in [4.78, 5) is 20.9. The largest absolute Gasteiger partial charge is 0.294 e.